The molecule has 0 spiro atoms. The van der Waals surface area contributed by atoms with Crippen LogP contribution in [-0.4, -0.2) is 13.7 Å². The lowest BCUT2D eigenvalue weighted by Gasteiger charge is -2.18. The van der Waals surface area contributed by atoms with Crippen LogP contribution in [0.4, 0.5) is 0 Å². The summed E-state index contributed by atoms with van der Waals surface area (Å²) in [6.45, 7) is 5.35. The third-order valence-corrected chi connectivity index (χ3v) is 3.99. The van der Waals surface area contributed by atoms with E-state index in [1.807, 2.05) is 12.1 Å². The Morgan fingerprint density at radius 2 is 2.11 bits per heavy atom. The van der Waals surface area contributed by atoms with Crippen LogP contribution in [0.2, 0.25) is 0 Å². The Labute approximate surface area is 119 Å². The van der Waals surface area contributed by atoms with E-state index in [9.17, 15) is 0 Å². The molecule has 0 saturated heterocycles. The molecule has 0 bridgehead atoms. The summed E-state index contributed by atoms with van der Waals surface area (Å²) in [5, 5.41) is 5.86. The molecule has 0 saturated carbocycles. The Bertz CT molecular complexity index is 521. The SMILES string of the molecule is CCCNC(c1cccc(OC)c1)c1csc(C)c1. The molecule has 0 fully saturated rings. The van der Waals surface area contributed by atoms with Gasteiger partial charge in [-0.15, -0.1) is 11.3 Å². The lowest BCUT2D eigenvalue weighted by molar-refractivity contribution is 0.413. The minimum Gasteiger partial charge on any atom is -0.497 e. The molecule has 2 nitrogen and oxygen atoms in total. The predicted octanol–water partition coefficient (Wildman–Crippen LogP) is 4.15. The van der Waals surface area contributed by atoms with E-state index in [2.05, 4.69) is 42.7 Å². The molecule has 19 heavy (non-hydrogen) atoms. The van der Waals surface area contributed by atoms with Gasteiger partial charge in [0, 0.05) is 4.88 Å². The van der Waals surface area contributed by atoms with Gasteiger partial charge in [-0.3, -0.25) is 0 Å². The lowest BCUT2D eigenvalue weighted by atomic mass is 10.0. The minimum absolute atomic E-state index is 0.250. The average molecular weight is 275 g/mol. The van der Waals surface area contributed by atoms with Crippen molar-refractivity contribution in [1.29, 1.82) is 0 Å². The molecule has 0 amide bonds. The van der Waals surface area contributed by atoms with Crippen molar-refractivity contribution in [3.05, 3.63) is 51.7 Å². The number of rotatable bonds is 6. The molecule has 0 aliphatic rings. The van der Waals surface area contributed by atoms with Gasteiger partial charge < -0.3 is 10.1 Å². The zero-order valence-corrected chi connectivity index (χ0v) is 12.6. The Morgan fingerprint density at radius 3 is 2.74 bits per heavy atom. The Balaban J connectivity index is 2.30. The standard InChI is InChI=1S/C16H21NOS/c1-4-8-17-16(14-9-12(2)19-11-14)13-6-5-7-15(10-13)18-3/h5-7,9-11,16-17H,4,8H2,1-3H3. The number of hydrogen-bond donors (Lipinski definition) is 1. The van der Waals surface area contributed by atoms with Crippen molar-refractivity contribution in [2.45, 2.75) is 26.3 Å². The largest absolute Gasteiger partial charge is 0.497 e. The van der Waals surface area contributed by atoms with Gasteiger partial charge in [-0.2, -0.15) is 0 Å². The summed E-state index contributed by atoms with van der Waals surface area (Å²) in [6, 6.07) is 10.8. The van der Waals surface area contributed by atoms with Gasteiger partial charge in [0.1, 0.15) is 5.75 Å². The van der Waals surface area contributed by atoms with Crippen LogP contribution in [0.25, 0.3) is 0 Å². The molecule has 1 aromatic carbocycles. The molecule has 3 heteroatoms. The van der Waals surface area contributed by atoms with Crippen LogP contribution in [0, 0.1) is 6.92 Å². The van der Waals surface area contributed by atoms with Crippen LogP contribution in [0.5, 0.6) is 5.75 Å². The highest BCUT2D eigenvalue weighted by molar-refractivity contribution is 7.10. The van der Waals surface area contributed by atoms with Crippen LogP contribution in [0.15, 0.2) is 35.7 Å². The zero-order valence-electron chi connectivity index (χ0n) is 11.8. The smallest absolute Gasteiger partial charge is 0.119 e. The molecule has 1 aromatic heterocycles. The number of ether oxygens (including phenoxy) is 1. The number of benzene rings is 1. The molecule has 0 aliphatic heterocycles. The first-order valence-corrected chi connectivity index (χ1v) is 7.55. The summed E-state index contributed by atoms with van der Waals surface area (Å²) in [6.07, 6.45) is 1.13. The number of nitrogens with one attached hydrogen (secondary N) is 1. The zero-order chi connectivity index (χ0) is 13.7. The maximum atomic E-state index is 5.33. The minimum atomic E-state index is 0.250. The summed E-state index contributed by atoms with van der Waals surface area (Å²) in [4.78, 5) is 1.35. The van der Waals surface area contributed by atoms with Crippen LogP contribution in [-0.2, 0) is 0 Å². The molecule has 1 unspecified atom stereocenters. The number of methoxy groups -OCH3 is 1. The predicted molar refractivity (Wildman–Crippen MR) is 82.2 cm³/mol. The van der Waals surface area contributed by atoms with Crippen LogP contribution >= 0.6 is 11.3 Å². The normalized spacial score (nSPS) is 12.4. The molecular formula is C16H21NOS. The van der Waals surface area contributed by atoms with Crippen molar-refractivity contribution in [3.63, 3.8) is 0 Å². The summed E-state index contributed by atoms with van der Waals surface area (Å²) in [7, 11) is 1.71. The number of aryl methyl sites for hydroxylation is 1. The van der Waals surface area contributed by atoms with Crippen molar-refractivity contribution in [2.24, 2.45) is 0 Å². The highest BCUT2D eigenvalue weighted by atomic mass is 32.1. The van der Waals surface area contributed by atoms with Crippen molar-refractivity contribution in [3.8, 4) is 5.75 Å². The average Bonchev–Trinajstić information content (AvgIpc) is 2.86. The topological polar surface area (TPSA) is 21.3 Å². The molecule has 2 rings (SSSR count). The van der Waals surface area contributed by atoms with Crippen LogP contribution in [0.3, 0.4) is 0 Å². The molecular weight excluding hydrogens is 254 g/mol. The first-order valence-electron chi connectivity index (χ1n) is 6.67. The highest BCUT2D eigenvalue weighted by Crippen LogP contribution is 2.28. The third kappa shape index (κ3) is 3.58. The van der Waals surface area contributed by atoms with Crippen LogP contribution < -0.4 is 10.1 Å². The third-order valence-electron chi connectivity index (χ3n) is 3.11. The van der Waals surface area contributed by atoms with E-state index < -0.39 is 0 Å². The first-order chi connectivity index (χ1) is 9.24. The fraction of sp³-hybridized carbons (Fsp3) is 0.375. The van der Waals surface area contributed by atoms with Gasteiger partial charge in [0.15, 0.2) is 0 Å². The van der Waals surface area contributed by atoms with E-state index in [0.29, 0.717) is 0 Å². The maximum absolute atomic E-state index is 5.33. The van der Waals surface area contributed by atoms with Gasteiger partial charge in [0.05, 0.1) is 13.2 Å². The molecule has 1 atom stereocenters. The van der Waals surface area contributed by atoms with Crippen LogP contribution in [0.1, 0.15) is 35.4 Å². The van der Waals surface area contributed by atoms with Crippen molar-refractivity contribution in [1.82, 2.24) is 5.32 Å². The first kappa shape index (κ1) is 14.1. The fourth-order valence-electron chi connectivity index (χ4n) is 2.15. The number of hydrogen-bond acceptors (Lipinski definition) is 3. The van der Waals surface area contributed by atoms with E-state index in [4.69, 9.17) is 4.74 Å². The molecule has 1 heterocycles. The summed E-state index contributed by atoms with van der Waals surface area (Å²) in [5.74, 6) is 0.910. The maximum Gasteiger partial charge on any atom is 0.119 e. The van der Waals surface area contributed by atoms with Gasteiger partial charge in [0.2, 0.25) is 0 Å². The summed E-state index contributed by atoms with van der Waals surface area (Å²) < 4.78 is 5.33. The van der Waals surface area contributed by atoms with Gasteiger partial charge >= 0.3 is 0 Å². The second kappa shape index (κ2) is 6.73. The van der Waals surface area contributed by atoms with Gasteiger partial charge in [-0.05, 0) is 54.6 Å². The van der Waals surface area contributed by atoms with Gasteiger partial charge in [-0.25, -0.2) is 0 Å². The highest BCUT2D eigenvalue weighted by Gasteiger charge is 2.15. The monoisotopic (exact) mass is 275 g/mol. The second-order valence-corrected chi connectivity index (χ2v) is 5.77. The lowest BCUT2D eigenvalue weighted by Crippen LogP contribution is -2.22. The fourth-order valence-corrected chi connectivity index (χ4v) is 2.88. The van der Waals surface area contributed by atoms with E-state index in [1.54, 1.807) is 18.4 Å². The van der Waals surface area contributed by atoms with Crippen molar-refractivity contribution >= 4 is 11.3 Å². The molecule has 102 valence electrons. The number of thiophene rings is 1. The van der Waals surface area contributed by atoms with E-state index in [1.165, 1.54) is 16.0 Å². The second-order valence-electron chi connectivity index (χ2n) is 4.65. The van der Waals surface area contributed by atoms with Gasteiger partial charge in [0.25, 0.3) is 0 Å². The Kier molecular flexibility index (Phi) is 5.00. The van der Waals surface area contributed by atoms with E-state index in [-0.39, 0.29) is 6.04 Å². The molecule has 0 radical (unpaired) electrons. The van der Waals surface area contributed by atoms with Gasteiger partial charge in [-0.1, -0.05) is 19.1 Å². The Morgan fingerprint density at radius 1 is 1.26 bits per heavy atom. The molecule has 2 aromatic rings. The summed E-state index contributed by atoms with van der Waals surface area (Å²) >= 11 is 1.80. The Hall–Kier alpha value is -1.32. The van der Waals surface area contributed by atoms with E-state index in [0.717, 1.165) is 18.7 Å². The molecule has 0 aliphatic carbocycles. The van der Waals surface area contributed by atoms with E-state index >= 15 is 0 Å². The summed E-state index contributed by atoms with van der Waals surface area (Å²) in [5.41, 5.74) is 2.59. The van der Waals surface area contributed by atoms with Crippen molar-refractivity contribution in [2.75, 3.05) is 13.7 Å². The molecule has 1 N–H and O–H groups in total. The quantitative estimate of drug-likeness (QED) is 0.855. The van der Waals surface area contributed by atoms with Crippen molar-refractivity contribution < 1.29 is 4.74 Å².